The number of ether oxygens (including phenoxy) is 1. The second-order valence-corrected chi connectivity index (χ2v) is 7.50. The van der Waals surface area contributed by atoms with Crippen molar-refractivity contribution in [1.29, 1.82) is 0 Å². The first-order chi connectivity index (χ1) is 12.7. The molecule has 0 spiro atoms. The third-order valence-electron chi connectivity index (χ3n) is 4.67. The van der Waals surface area contributed by atoms with Crippen LogP contribution in [0.1, 0.15) is 11.1 Å². The number of carbonyl (C=O) groups is 1. The molecule has 0 atom stereocenters. The Labute approximate surface area is 160 Å². The Bertz CT molecular complexity index is 725. The van der Waals surface area contributed by atoms with Crippen LogP contribution >= 0.6 is 11.8 Å². The van der Waals surface area contributed by atoms with Gasteiger partial charge in [-0.15, -0.1) is 11.8 Å². The molecule has 0 radical (unpaired) electrons. The van der Waals surface area contributed by atoms with Gasteiger partial charge in [0.15, 0.2) is 0 Å². The molecule has 1 amide bonds. The van der Waals surface area contributed by atoms with E-state index in [9.17, 15) is 4.79 Å². The Morgan fingerprint density at radius 2 is 1.73 bits per heavy atom. The van der Waals surface area contributed by atoms with Crippen molar-refractivity contribution in [2.45, 2.75) is 12.7 Å². The van der Waals surface area contributed by atoms with Gasteiger partial charge in [0.2, 0.25) is 5.91 Å². The number of amides is 1. The highest BCUT2D eigenvalue weighted by Gasteiger charge is 2.22. The smallest absolute Gasteiger partial charge is 0.232 e. The molecule has 1 aliphatic heterocycles. The van der Waals surface area contributed by atoms with Gasteiger partial charge < -0.3 is 14.5 Å². The van der Waals surface area contributed by atoms with E-state index in [2.05, 4.69) is 42.2 Å². The van der Waals surface area contributed by atoms with Crippen molar-refractivity contribution >= 4 is 23.4 Å². The molecule has 2 aromatic rings. The number of nitrogens with zero attached hydrogens (tertiary/aromatic N) is 2. The molecule has 0 unspecified atom stereocenters. The molecule has 26 heavy (non-hydrogen) atoms. The number of hydrogen-bond donors (Lipinski definition) is 0. The SMILES string of the molecule is COc1ccccc1N1CCN(C(=O)CSCc2ccc(C)cc2)CC1. The van der Waals surface area contributed by atoms with Gasteiger partial charge in [-0.1, -0.05) is 42.0 Å². The minimum atomic E-state index is 0.238. The van der Waals surface area contributed by atoms with Crippen molar-refractivity contribution in [1.82, 2.24) is 4.90 Å². The van der Waals surface area contributed by atoms with Crippen LogP contribution in [0.5, 0.6) is 5.75 Å². The van der Waals surface area contributed by atoms with Gasteiger partial charge in [0.05, 0.1) is 18.6 Å². The fourth-order valence-electron chi connectivity index (χ4n) is 3.12. The van der Waals surface area contributed by atoms with E-state index in [0.29, 0.717) is 5.75 Å². The van der Waals surface area contributed by atoms with E-state index in [1.54, 1.807) is 18.9 Å². The zero-order valence-electron chi connectivity index (χ0n) is 15.5. The number of carbonyl (C=O) groups excluding carboxylic acids is 1. The van der Waals surface area contributed by atoms with E-state index in [-0.39, 0.29) is 5.91 Å². The molecule has 0 saturated carbocycles. The highest BCUT2D eigenvalue weighted by Crippen LogP contribution is 2.28. The van der Waals surface area contributed by atoms with Crippen LogP contribution < -0.4 is 9.64 Å². The normalized spacial score (nSPS) is 14.4. The van der Waals surface area contributed by atoms with Crippen molar-refractivity contribution in [2.75, 3.05) is 43.9 Å². The Morgan fingerprint density at radius 1 is 1.04 bits per heavy atom. The number of hydrogen-bond acceptors (Lipinski definition) is 4. The lowest BCUT2D eigenvalue weighted by molar-refractivity contribution is -0.128. The van der Waals surface area contributed by atoms with Crippen molar-refractivity contribution in [2.24, 2.45) is 0 Å². The number of piperazine rings is 1. The van der Waals surface area contributed by atoms with Gasteiger partial charge in [-0.25, -0.2) is 0 Å². The van der Waals surface area contributed by atoms with Crippen LogP contribution in [0.3, 0.4) is 0 Å². The van der Waals surface area contributed by atoms with Crippen LogP contribution in [0.4, 0.5) is 5.69 Å². The molecule has 3 rings (SSSR count). The molecular weight excluding hydrogens is 344 g/mol. The fraction of sp³-hybridized carbons (Fsp3) is 0.381. The highest BCUT2D eigenvalue weighted by atomic mass is 32.2. The molecular formula is C21H26N2O2S. The van der Waals surface area contributed by atoms with Crippen LogP contribution in [0, 0.1) is 6.92 Å². The predicted molar refractivity (Wildman–Crippen MR) is 109 cm³/mol. The average molecular weight is 371 g/mol. The average Bonchev–Trinajstić information content (AvgIpc) is 2.69. The van der Waals surface area contributed by atoms with E-state index in [1.165, 1.54) is 11.1 Å². The number of thioether (sulfide) groups is 1. The van der Waals surface area contributed by atoms with Gasteiger partial charge in [0.1, 0.15) is 5.75 Å². The maximum absolute atomic E-state index is 12.5. The molecule has 4 nitrogen and oxygen atoms in total. The summed E-state index contributed by atoms with van der Waals surface area (Å²) in [5.74, 6) is 2.55. The van der Waals surface area contributed by atoms with Crippen LogP contribution in [0.15, 0.2) is 48.5 Å². The molecule has 1 heterocycles. The molecule has 0 aliphatic carbocycles. The Kier molecular flexibility index (Phi) is 6.45. The van der Waals surface area contributed by atoms with Crippen LogP contribution in [-0.4, -0.2) is 49.8 Å². The number of benzene rings is 2. The van der Waals surface area contributed by atoms with Gasteiger partial charge in [-0.2, -0.15) is 0 Å². The third-order valence-corrected chi connectivity index (χ3v) is 5.66. The number of aryl methyl sites for hydroxylation is 1. The van der Waals surface area contributed by atoms with E-state index < -0.39 is 0 Å². The Hall–Kier alpha value is -2.14. The largest absolute Gasteiger partial charge is 0.495 e. The second kappa shape index (κ2) is 8.99. The summed E-state index contributed by atoms with van der Waals surface area (Å²) in [6.45, 7) is 5.30. The standard InChI is InChI=1S/C21H26N2O2S/c1-17-7-9-18(10-8-17)15-26-16-21(24)23-13-11-22(12-14-23)19-5-3-4-6-20(19)25-2/h3-10H,11-16H2,1-2H3. The van der Waals surface area contributed by atoms with Crippen molar-refractivity contribution in [3.8, 4) is 5.75 Å². The monoisotopic (exact) mass is 370 g/mol. The maximum atomic E-state index is 12.5. The van der Waals surface area contributed by atoms with Gasteiger partial charge >= 0.3 is 0 Å². The molecule has 138 valence electrons. The second-order valence-electron chi connectivity index (χ2n) is 6.52. The van der Waals surface area contributed by atoms with E-state index in [1.807, 2.05) is 23.1 Å². The van der Waals surface area contributed by atoms with E-state index in [0.717, 1.165) is 43.4 Å². The number of methoxy groups -OCH3 is 1. The quantitative estimate of drug-likeness (QED) is 0.778. The lowest BCUT2D eigenvalue weighted by Gasteiger charge is -2.36. The first-order valence-electron chi connectivity index (χ1n) is 8.96. The lowest BCUT2D eigenvalue weighted by atomic mass is 10.2. The summed E-state index contributed by atoms with van der Waals surface area (Å²) in [7, 11) is 1.70. The molecule has 0 N–H and O–H groups in total. The van der Waals surface area contributed by atoms with Crippen molar-refractivity contribution < 1.29 is 9.53 Å². The third kappa shape index (κ3) is 4.73. The van der Waals surface area contributed by atoms with E-state index >= 15 is 0 Å². The first-order valence-corrected chi connectivity index (χ1v) is 10.1. The van der Waals surface area contributed by atoms with Gasteiger partial charge in [0, 0.05) is 31.9 Å². The summed E-state index contributed by atoms with van der Waals surface area (Å²) in [5, 5.41) is 0. The molecule has 1 aliphatic rings. The summed E-state index contributed by atoms with van der Waals surface area (Å²) < 4.78 is 5.45. The number of rotatable bonds is 6. The van der Waals surface area contributed by atoms with Crippen LogP contribution in [-0.2, 0) is 10.5 Å². The first kappa shape index (κ1) is 18.6. The van der Waals surface area contributed by atoms with Crippen molar-refractivity contribution in [3.05, 3.63) is 59.7 Å². The fourth-order valence-corrected chi connectivity index (χ4v) is 4.01. The molecule has 1 fully saturated rings. The molecule has 0 aromatic heterocycles. The minimum Gasteiger partial charge on any atom is -0.495 e. The maximum Gasteiger partial charge on any atom is 0.232 e. The minimum absolute atomic E-state index is 0.238. The molecule has 2 aromatic carbocycles. The van der Waals surface area contributed by atoms with Crippen LogP contribution in [0.25, 0.3) is 0 Å². The summed E-state index contributed by atoms with van der Waals surface area (Å²) in [5.41, 5.74) is 3.65. The van der Waals surface area contributed by atoms with E-state index in [4.69, 9.17) is 4.74 Å². The summed E-state index contributed by atoms with van der Waals surface area (Å²) in [6, 6.07) is 16.6. The summed E-state index contributed by atoms with van der Waals surface area (Å²) in [6.07, 6.45) is 0. The van der Waals surface area contributed by atoms with Gasteiger partial charge in [-0.3, -0.25) is 4.79 Å². The van der Waals surface area contributed by atoms with Gasteiger partial charge in [-0.05, 0) is 24.6 Å². The highest BCUT2D eigenvalue weighted by molar-refractivity contribution is 7.99. The Morgan fingerprint density at radius 3 is 2.42 bits per heavy atom. The zero-order chi connectivity index (χ0) is 18.4. The summed E-state index contributed by atoms with van der Waals surface area (Å²) >= 11 is 1.69. The predicted octanol–water partition coefficient (Wildman–Crippen LogP) is 3.59. The molecule has 0 bridgehead atoms. The zero-order valence-corrected chi connectivity index (χ0v) is 16.3. The van der Waals surface area contributed by atoms with Crippen LogP contribution in [0.2, 0.25) is 0 Å². The lowest BCUT2D eigenvalue weighted by Crippen LogP contribution is -2.49. The summed E-state index contributed by atoms with van der Waals surface area (Å²) in [4.78, 5) is 16.7. The number of anilines is 1. The van der Waals surface area contributed by atoms with Gasteiger partial charge in [0.25, 0.3) is 0 Å². The topological polar surface area (TPSA) is 32.8 Å². The van der Waals surface area contributed by atoms with Crippen molar-refractivity contribution in [3.63, 3.8) is 0 Å². The molecule has 1 saturated heterocycles. The molecule has 5 heteroatoms. The Balaban J connectivity index is 1.45. The number of para-hydroxylation sites is 2.